The molecular formula is C14H27N3. The van der Waals surface area contributed by atoms with Crippen molar-refractivity contribution in [1.82, 2.24) is 4.90 Å². The summed E-state index contributed by atoms with van der Waals surface area (Å²) < 4.78 is 0. The van der Waals surface area contributed by atoms with Crippen molar-refractivity contribution in [2.45, 2.75) is 64.0 Å². The van der Waals surface area contributed by atoms with E-state index >= 15 is 0 Å². The molecule has 2 N–H and O–H groups in total. The lowest BCUT2D eigenvalue weighted by Crippen LogP contribution is -2.35. The van der Waals surface area contributed by atoms with Crippen LogP contribution in [0.1, 0.15) is 51.9 Å². The number of likely N-dealkylation sites (N-methyl/N-ethyl adjacent to an activating group) is 1. The molecule has 0 amide bonds. The van der Waals surface area contributed by atoms with Gasteiger partial charge in [-0.05, 0) is 39.7 Å². The predicted molar refractivity (Wildman–Crippen MR) is 73.3 cm³/mol. The number of aliphatic imine (C=N–C) groups is 1. The van der Waals surface area contributed by atoms with Gasteiger partial charge in [-0.3, -0.25) is 9.89 Å². The fourth-order valence-electron chi connectivity index (χ4n) is 2.74. The van der Waals surface area contributed by atoms with E-state index in [4.69, 9.17) is 5.73 Å². The van der Waals surface area contributed by atoms with Crippen LogP contribution in [-0.4, -0.2) is 36.4 Å². The van der Waals surface area contributed by atoms with Crippen LogP contribution in [0.3, 0.4) is 0 Å². The molecule has 3 heteroatoms. The van der Waals surface area contributed by atoms with Crippen LogP contribution in [0.4, 0.5) is 0 Å². The fraction of sp³-hybridized carbons (Fsp3) is 0.929. The highest BCUT2D eigenvalue weighted by Crippen LogP contribution is 2.27. The number of nitrogens with two attached hydrogens (primary N) is 1. The second kappa shape index (κ2) is 5.85. The van der Waals surface area contributed by atoms with Gasteiger partial charge < -0.3 is 5.73 Å². The molecule has 0 aliphatic heterocycles. The van der Waals surface area contributed by atoms with Gasteiger partial charge in [-0.2, -0.15) is 0 Å². The Morgan fingerprint density at radius 2 is 1.88 bits per heavy atom. The van der Waals surface area contributed by atoms with Gasteiger partial charge in [-0.25, -0.2) is 0 Å². The minimum Gasteiger partial charge on any atom is -0.387 e. The molecule has 0 aromatic rings. The van der Waals surface area contributed by atoms with Crippen molar-refractivity contribution in [3.63, 3.8) is 0 Å². The van der Waals surface area contributed by atoms with Crippen LogP contribution < -0.4 is 5.73 Å². The zero-order valence-corrected chi connectivity index (χ0v) is 11.4. The molecule has 0 spiro atoms. The Balaban J connectivity index is 1.77. The third-order valence-corrected chi connectivity index (χ3v) is 4.38. The first kappa shape index (κ1) is 12.9. The Hall–Kier alpha value is -0.570. The molecule has 0 radical (unpaired) electrons. The van der Waals surface area contributed by atoms with E-state index in [0.29, 0.717) is 12.0 Å². The Bertz CT molecular complexity index is 265. The molecule has 0 aromatic heterocycles. The molecule has 2 aliphatic rings. The smallest absolute Gasteiger partial charge is 0.0969 e. The molecule has 0 bridgehead atoms. The summed E-state index contributed by atoms with van der Waals surface area (Å²) >= 11 is 0. The number of nitrogens with zero attached hydrogens (tertiary/aromatic N) is 2. The Kier molecular flexibility index (Phi) is 4.43. The van der Waals surface area contributed by atoms with Crippen LogP contribution in [0, 0.1) is 5.92 Å². The molecule has 98 valence electrons. The van der Waals surface area contributed by atoms with Gasteiger partial charge in [-0.15, -0.1) is 0 Å². The van der Waals surface area contributed by atoms with E-state index in [9.17, 15) is 0 Å². The van der Waals surface area contributed by atoms with Crippen molar-refractivity contribution < 1.29 is 0 Å². The van der Waals surface area contributed by atoms with E-state index in [0.717, 1.165) is 18.4 Å². The summed E-state index contributed by atoms with van der Waals surface area (Å²) in [5, 5.41) is 0. The Labute approximate surface area is 105 Å². The van der Waals surface area contributed by atoms with Crippen LogP contribution >= 0.6 is 0 Å². The maximum Gasteiger partial charge on any atom is 0.0969 e. The second-order valence-corrected chi connectivity index (χ2v) is 5.85. The quantitative estimate of drug-likeness (QED) is 0.589. The lowest BCUT2D eigenvalue weighted by atomic mass is 9.88. The van der Waals surface area contributed by atoms with Crippen molar-refractivity contribution >= 4 is 5.84 Å². The SMILES string of the molecule is CC(CN=C(N)C1CCCCC1)N(C)C1CC1. The summed E-state index contributed by atoms with van der Waals surface area (Å²) in [5.41, 5.74) is 6.12. The van der Waals surface area contributed by atoms with Gasteiger partial charge in [0.25, 0.3) is 0 Å². The molecule has 2 fully saturated rings. The van der Waals surface area contributed by atoms with E-state index in [1.54, 1.807) is 0 Å². The van der Waals surface area contributed by atoms with Gasteiger partial charge in [-0.1, -0.05) is 19.3 Å². The predicted octanol–water partition coefficient (Wildman–Crippen LogP) is 2.41. The molecule has 1 atom stereocenters. The average Bonchev–Trinajstić information content (AvgIpc) is 3.20. The first-order valence-corrected chi connectivity index (χ1v) is 7.20. The van der Waals surface area contributed by atoms with E-state index in [2.05, 4.69) is 23.9 Å². The highest BCUT2D eigenvalue weighted by atomic mass is 15.2. The minimum absolute atomic E-state index is 0.532. The zero-order valence-electron chi connectivity index (χ0n) is 11.4. The van der Waals surface area contributed by atoms with E-state index in [1.165, 1.54) is 44.9 Å². The maximum atomic E-state index is 6.12. The van der Waals surface area contributed by atoms with Gasteiger partial charge in [0.15, 0.2) is 0 Å². The molecule has 1 unspecified atom stereocenters. The lowest BCUT2D eigenvalue weighted by Gasteiger charge is -2.24. The molecule has 0 heterocycles. The second-order valence-electron chi connectivity index (χ2n) is 5.85. The molecular weight excluding hydrogens is 210 g/mol. The van der Waals surface area contributed by atoms with Crippen molar-refractivity contribution in [3.8, 4) is 0 Å². The highest BCUT2D eigenvalue weighted by Gasteiger charge is 2.29. The van der Waals surface area contributed by atoms with E-state index < -0.39 is 0 Å². The molecule has 0 saturated heterocycles. The van der Waals surface area contributed by atoms with Crippen LogP contribution in [0.5, 0.6) is 0 Å². The topological polar surface area (TPSA) is 41.6 Å². The number of amidine groups is 1. The van der Waals surface area contributed by atoms with Gasteiger partial charge in [0, 0.05) is 18.0 Å². The molecule has 3 nitrogen and oxygen atoms in total. The minimum atomic E-state index is 0.532. The van der Waals surface area contributed by atoms with E-state index in [1.807, 2.05) is 0 Å². The summed E-state index contributed by atoms with van der Waals surface area (Å²) in [4.78, 5) is 7.09. The van der Waals surface area contributed by atoms with Crippen molar-refractivity contribution in [2.75, 3.05) is 13.6 Å². The van der Waals surface area contributed by atoms with Gasteiger partial charge in [0.2, 0.25) is 0 Å². The summed E-state index contributed by atoms with van der Waals surface area (Å²) in [6.07, 6.45) is 9.27. The summed E-state index contributed by atoms with van der Waals surface area (Å²) in [6, 6.07) is 1.35. The molecule has 0 aromatic carbocycles. The first-order valence-electron chi connectivity index (χ1n) is 7.20. The van der Waals surface area contributed by atoms with Crippen LogP contribution in [0.25, 0.3) is 0 Å². The summed E-state index contributed by atoms with van der Waals surface area (Å²) in [7, 11) is 2.22. The highest BCUT2D eigenvalue weighted by molar-refractivity contribution is 5.82. The van der Waals surface area contributed by atoms with Crippen molar-refractivity contribution in [1.29, 1.82) is 0 Å². The van der Waals surface area contributed by atoms with Gasteiger partial charge in [0.05, 0.1) is 12.4 Å². The molecule has 2 saturated carbocycles. The fourth-order valence-corrected chi connectivity index (χ4v) is 2.74. The number of hydrogen-bond donors (Lipinski definition) is 1. The van der Waals surface area contributed by atoms with Crippen LogP contribution in [0.15, 0.2) is 4.99 Å². The first-order chi connectivity index (χ1) is 8.18. The van der Waals surface area contributed by atoms with Crippen molar-refractivity contribution in [3.05, 3.63) is 0 Å². The van der Waals surface area contributed by atoms with Crippen LogP contribution in [-0.2, 0) is 0 Å². The Morgan fingerprint density at radius 3 is 2.47 bits per heavy atom. The number of rotatable bonds is 5. The zero-order chi connectivity index (χ0) is 12.3. The number of hydrogen-bond acceptors (Lipinski definition) is 2. The molecule has 2 rings (SSSR count). The summed E-state index contributed by atoms with van der Waals surface area (Å²) in [5.74, 6) is 1.49. The standard InChI is InChI=1S/C14H27N3/c1-11(17(2)13-8-9-13)10-16-14(15)12-6-4-3-5-7-12/h11-13H,3-10H2,1-2H3,(H2,15,16). The monoisotopic (exact) mass is 237 g/mol. The summed E-state index contributed by atoms with van der Waals surface area (Å²) in [6.45, 7) is 3.13. The van der Waals surface area contributed by atoms with Gasteiger partial charge in [0.1, 0.15) is 0 Å². The largest absolute Gasteiger partial charge is 0.387 e. The molecule has 2 aliphatic carbocycles. The lowest BCUT2D eigenvalue weighted by molar-refractivity contribution is 0.253. The maximum absolute atomic E-state index is 6.12. The Morgan fingerprint density at radius 1 is 1.24 bits per heavy atom. The average molecular weight is 237 g/mol. The third-order valence-electron chi connectivity index (χ3n) is 4.38. The normalized spacial score (nSPS) is 25.2. The molecule has 17 heavy (non-hydrogen) atoms. The van der Waals surface area contributed by atoms with E-state index in [-0.39, 0.29) is 0 Å². The van der Waals surface area contributed by atoms with Gasteiger partial charge >= 0.3 is 0 Å². The van der Waals surface area contributed by atoms with Crippen LogP contribution in [0.2, 0.25) is 0 Å². The van der Waals surface area contributed by atoms with Crippen molar-refractivity contribution in [2.24, 2.45) is 16.6 Å². The third kappa shape index (κ3) is 3.70.